The number of aromatic nitrogens is 1. The Hall–Kier alpha value is -1.16. The summed E-state index contributed by atoms with van der Waals surface area (Å²) in [5, 5.41) is 4.23. The standard InChI is InChI=1S/C17H16ClFN2.ClH/c18-12-3-1-2-10(6-12)15-7-11(9-20-17(15)19)14-8-13-4-5-16(14)21-13;/h1-3,6-7,9,13-14,16,21H,4-5,8H2;1H. The molecule has 1 aromatic heterocycles. The van der Waals surface area contributed by atoms with Crippen molar-refractivity contribution in [2.24, 2.45) is 0 Å². The molecule has 0 amide bonds. The number of hydrogen-bond acceptors (Lipinski definition) is 2. The van der Waals surface area contributed by atoms with Crippen molar-refractivity contribution in [3.8, 4) is 11.1 Å². The molecule has 4 rings (SSSR count). The first kappa shape index (κ1) is 15.7. The molecule has 2 aromatic rings. The van der Waals surface area contributed by atoms with Crippen molar-refractivity contribution in [2.75, 3.05) is 0 Å². The minimum absolute atomic E-state index is 0. The van der Waals surface area contributed by atoms with Gasteiger partial charge in [-0.2, -0.15) is 4.39 Å². The van der Waals surface area contributed by atoms with E-state index in [9.17, 15) is 4.39 Å². The van der Waals surface area contributed by atoms with E-state index in [1.54, 1.807) is 18.3 Å². The van der Waals surface area contributed by atoms with Gasteiger partial charge in [-0.1, -0.05) is 23.7 Å². The van der Waals surface area contributed by atoms with Crippen LogP contribution in [0.2, 0.25) is 5.02 Å². The molecule has 2 bridgehead atoms. The first-order chi connectivity index (χ1) is 10.2. The normalized spacial score (nSPS) is 26.0. The van der Waals surface area contributed by atoms with Gasteiger partial charge in [0.25, 0.3) is 0 Å². The van der Waals surface area contributed by atoms with Crippen molar-refractivity contribution < 1.29 is 4.39 Å². The molecule has 2 nitrogen and oxygen atoms in total. The molecule has 2 aliphatic heterocycles. The van der Waals surface area contributed by atoms with Crippen LogP contribution >= 0.6 is 24.0 Å². The van der Waals surface area contributed by atoms with E-state index < -0.39 is 5.95 Å². The summed E-state index contributed by atoms with van der Waals surface area (Å²) in [6.45, 7) is 0. The summed E-state index contributed by atoms with van der Waals surface area (Å²) in [5.41, 5.74) is 2.45. The number of hydrogen-bond donors (Lipinski definition) is 1. The van der Waals surface area contributed by atoms with Crippen LogP contribution in [0.4, 0.5) is 4.39 Å². The van der Waals surface area contributed by atoms with E-state index in [2.05, 4.69) is 10.3 Å². The lowest BCUT2D eigenvalue weighted by Gasteiger charge is -2.20. The van der Waals surface area contributed by atoms with Crippen LogP contribution in [0.25, 0.3) is 11.1 Å². The van der Waals surface area contributed by atoms with Crippen LogP contribution in [0.3, 0.4) is 0 Å². The van der Waals surface area contributed by atoms with Crippen LogP contribution in [0.15, 0.2) is 36.5 Å². The van der Waals surface area contributed by atoms with Gasteiger partial charge in [0.15, 0.2) is 0 Å². The van der Waals surface area contributed by atoms with Crippen molar-refractivity contribution in [1.82, 2.24) is 10.3 Å². The lowest BCUT2D eigenvalue weighted by atomic mass is 9.84. The van der Waals surface area contributed by atoms with Gasteiger partial charge in [0.05, 0.1) is 0 Å². The second kappa shape index (κ2) is 6.15. The van der Waals surface area contributed by atoms with E-state index in [4.69, 9.17) is 11.6 Å². The SMILES string of the molecule is Cl.Fc1ncc(C2CC3CCC2N3)cc1-c1cccc(Cl)c1. The smallest absolute Gasteiger partial charge is 0.220 e. The van der Waals surface area contributed by atoms with Crippen LogP contribution in [-0.2, 0) is 0 Å². The predicted molar refractivity (Wildman–Crippen MR) is 89.2 cm³/mol. The molecule has 5 heteroatoms. The molecule has 0 radical (unpaired) electrons. The van der Waals surface area contributed by atoms with E-state index in [0.29, 0.717) is 28.6 Å². The molecule has 2 aliphatic rings. The highest BCUT2D eigenvalue weighted by atomic mass is 35.5. The minimum atomic E-state index is -0.433. The van der Waals surface area contributed by atoms with Crippen LogP contribution in [0.5, 0.6) is 0 Å². The fraction of sp³-hybridized carbons (Fsp3) is 0.353. The Morgan fingerprint density at radius 3 is 2.77 bits per heavy atom. The van der Waals surface area contributed by atoms with Crippen LogP contribution in [0, 0.1) is 5.95 Å². The van der Waals surface area contributed by atoms with Crippen LogP contribution < -0.4 is 5.32 Å². The average molecular weight is 339 g/mol. The number of rotatable bonds is 2. The number of halogens is 3. The zero-order valence-electron chi connectivity index (χ0n) is 11.9. The van der Waals surface area contributed by atoms with Crippen molar-refractivity contribution in [2.45, 2.75) is 37.3 Å². The highest BCUT2D eigenvalue weighted by Gasteiger charge is 2.39. The molecule has 0 saturated carbocycles. The molecule has 3 unspecified atom stereocenters. The second-order valence-corrected chi connectivity index (χ2v) is 6.44. The highest BCUT2D eigenvalue weighted by Crippen LogP contribution is 2.40. The fourth-order valence-electron chi connectivity index (χ4n) is 3.72. The van der Waals surface area contributed by atoms with Crippen molar-refractivity contribution in [3.63, 3.8) is 0 Å². The molecule has 116 valence electrons. The Bertz CT molecular complexity index is 692. The summed E-state index contributed by atoms with van der Waals surface area (Å²) in [7, 11) is 0. The largest absolute Gasteiger partial charge is 0.311 e. The molecular weight excluding hydrogens is 322 g/mol. The molecule has 2 fully saturated rings. The van der Waals surface area contributed by atoms with Gasteiger partial charge >= 0.3 is 0 Å². The monoisotopic (exact) mass is 338 g/mol. The van der Waals surface area contributed by atoms with Gasteiger partial charge in [-0.3, -0.25) is 0 Å². The zero-order valence-corrected chi connectivity index (χ0v) is 13.5. The van der Waals surface area contributed by atoms with E-state index in [1.807, 2.05) is 18.2 Å². The summed E-state index contributed by atoms with van der Waals surface area (Å²) in [4.78, 5) is 3.98. The third-order valence-electron chi connectivity index (χ3n) is 4.72. The molecule has 3 atom stereocenters. The summed E-state index contributed by atoms with van der Waals surface area (Å²) in [6.07, 6.45) is 5.29. The number of fused-ring (bicyclic) bond motifs is 2. The van der Waals surface area contributed by atoms with E-state index >= 15 is 0 Å². The Morgan fingerprint density at radius 1 is 1.23 bits per heavy atom. The molecule has 22 heavy (non-hydrogen) atoms. The average Bonchev–Trinajstić information content (AvgIpc) is 3.10. The lowest BCUT2D eigenvalue weighted by Crippen LogP contribution is -2.21. The van der Waals surface area contributed by atoms with Gasteiger partial charge < -0.3 is 5.32 Å². The van der Waals surface area contributed by atoms with Crippen LogP contribution in [0.1, 0.15) is 30.7 Å². The Morgan fingerprint density at radius 2 is 2.09 bits per heavy atom. The Labute approximate surface area is 140 Å². The maximum absolute atomic E-state index is 14.1. The lowest BCUT2D eigenvalue weighted by molar-refractivity contribution is 0.502. The summed E-state index contributed by atoms with van der Waals surface area (Å²) < 4.78 is 14.1. The molecule has 2 saturated heterocycles. The third-order valence-corrected chi connectivity index (χ3v) is 4.96. The van der Waals surface area contributed by atoms with Gasteiger partial charge in [0.2, 0.25) is 5.95 Å². The number of benzene rings is 1. The first-order valence-electron chi connectivity index (χ1n) is 7.38. The second-order valence-electron chi connectivity index (χ2n) is 6.01. The molecule has 1 N–H and O–H groups in total. The minimum Gasteiger partial charge on any atom is -0.311 e. The van der Waals surface area contributed by atoms with Gasteiger partial charge in [0, 0.05) is 34.8 Å². The summed E-state index contributed by atoms with van der Waals surface area (Å²) in [5.74, 6) is 0.0203. The Kier molecular flexibility index (Phi) is 4.40. The van der Waals surface area contributed by atoms with E-state index in [0.717, 1.165) is 17.5 Å². The molecule has 3 heterocycles. The third kappa shape index (κ3) is 2.73. The highest BCUT2D eigenvalue weighted by molar-refractivity contribution is 6.30. The number of nitrogens with zero attached hydrogens (tertiary/aromatic N) is 1. The quantitative estimate of drug-likeness (QED) is 0.811. The van der Waals surface area contributed by atoms with Gasteiger partial charge in [-0.25, -0.2) is 4.98 Å². The summed E-state index contributed by atoms with van der Waals surface area (Å²) >= 11 is 6.01. The predicted octanol–water partition coefficient (Wildman–Crippen LogP) is 4.57. The number of nitrogens with one attached hydrogen (secondary N) is 1. The first-order valence-corrected chi connectivity index (χ1v) is 7.76. The van der Waals surface area contributed by atoms with Crippen LogP contribution in [-0.4, -0.2) is 17.1 Å². The zero-order chi connectivity index (χ0) is 14.4. The van der Waals surface area contributed by atoms with Gasteiger partial charge in [-0.05, 0) is 48.6 Å². The van der Waals surface area contributed by atoms with Crippen molar-refractivity contribution in [3.05, 3.63) is 53.1 Å². The molecule has 0 spiro atoms. The molecule has 0 aliphatic carbocycles. The molecule has 1 aromatic carbocycles. The fourth-order valence-corrected chi connectivity index (χ4v) is 3.91. The van der Waals surface area contributed by atoms with Crippen molar-refractivity contribution >= 4 is 24.0 Å². The van der Waals surface area contributed by atoms with Gasteiger partial charge in [-0.15, -0.1) is 12.4 Å². The summed E-state index contributed by atoms with van der Waals surface area (Å²) in [6, 6.07) is 10.4. The topological polar surface area (TPSA) is 24.9 Å². The van der Waals surface area contributed by atoms with E-state index in [1.165, 1.54) is 12.8 Å². The Balaban J connectivity index is 0.00000144. The maximum Gasteiger partial charge on any atom is 0.220 e. The van der Waals surface area contributed by atoms with Gasteiger partial charge in [0.1, 0.15) is 0 Å². The number of pyridine rings is 1. The molecular formula is C17H17Cl2FN2. The van der Waals surface area contributed by atoms with E-state index in [-0.39, 0.29) is 12.4 Å². The van der Waals surface area contributed by atoms with Crippen molar-refractivity contribution in [1.29, 1.82) is 0 Å². The maximum atomic E-state index is 14.1.